The van der Waals surface area contributed by atoms with Crippen LogP contribution in [0.4, 0.5) is 4.79 Å². The fourth-order valence-electron chi connectivity index (χ4n) is 7.80. The minimum atomic E-state index is -0.671. The highest BCUT2D eigenvalue weighted by molar-refractivity contribution is 5.97. The van der Waals surface area contributed by atoms with Gasteiger partial charge in [0, 0.05) is 5.39 Å². The Morgan fingerprint density at radius 1 is 0.892 bits per heavy atom. The van der Waals surface area contributed by atoms with Crippen LogP contribution in [0.25, 0.3) is 10.9 Å². The van der Waals surface area contributed by atoms with Gasteiger partial charge >= 0.3 is 6.03 Å². The third-order valence-corrected chi connectivity index (χ3v) is 8.70. The predicted octanol–water partition coefficient (Wildman–Crippen LogP) is 5.57. The maximum Gasteiger partial charge on any atom is 0.366 e. The number of rotatable bonds is 4. The summed E-state index contributed by atoms with van der Waals surface area (Å²) in [6, 6.07) is 13.4. The lowest BCUT2D eigenvalue weighted by Crippen LogP contribution is -2.49. The zero-order valence-corrected chi connectivity index (χ0v) is 21.7. The Bertz CT molecular complexity index is 1340. The average molecular weight is 499 g/mol. The maximum atomic E-state index is 13.1. The summed E-state index contributed by atoms with van der Waals surface area (Å²) in [6.45, 7) is 5.85. The molecule has 4 aliphatic rings. The molecule has 192 valence electrons. The summed E-state index contributed by atoms with van der Waals surface area (Å²) >= 11 is 0. The number of urea groups is 1. The topological polar surface area (TPSA) is 92.4 Å². The SMILES string of the molecule is Cc1cc(C)c(ONC(=O)NNC(=O)c2cc(C34CC5CC(CC(C5)C3)C4)c3ccccc3n2)c(C)c1. The highest BCUT2D eigenvalue weighted by Crippen LogP contribution is 2.61. The van der Waals surface area contributed by atoms with Gasteiger partial charge in [-0.15, -0.1) is 0 Å². The summed E-state index contributed by atoms with van der Waals surface area (Å²) in [4.78, 5) is 35.7. The molecule has 4 bridgehead atoms. The van der Waals surface area contributed by atoms with Crippen molar-refractivity contribution in [1.29, 1.82) is 0 Å². The van der Waals surface area contributed by atoms with E-state index in [1.165, 1.54) is 44.1 Å². The van der Waals surface area contributed by atoms with Crippen LogP contribution in [0, 0.1) is 38.5 Å². The van der Waals surface area contributed by atoms with Crippen molar-refractivity contribution in [3.63, 3.8) is 0 Å². The summed E-state index contributed by atoms with van der Waals surface area (Å²) in [5.41, 5.74) is 12.7. The van der Waals surface area contributed by atoms with Gasteiger partial charge in [-0.05, 0) is 111 Å². The molecule has 3 aromatic rings. The summed E-state index contributed by atoms with van der Waals surface area (Å²) in [6.07, 6.45) is 7.67. The molecule has 0 aliphatic heterocycles. The number of hydrazine groups is 1. The molecular weight excluding hydrogens is 464 g/mol. The van der Waals surface area contributed by atoms with Crippen molar-refractivity contribution in [2.45, 2.75) is 64.7 Å². The lowest BCUT2D eigenvalue weighted by atomic mass is 9.48. The molecular formula is C30H34N4O3. The molecule has 1 heterocycles. The molecule has 0 atom stereocenters. The Balaban J connectivity index is 1.19. The first kappa shape index (κ1) is 23.8. The van der Waals surface area contributed by atoms with E-state index in [0.717, 1.165) is 45.3 Å². The van der Waals surface area contributed by atoms with Crippen molar-refractivity contribution < 1.29 is 14.4 Å². The molecule has 4 fully saturated rings. The standard InChI is InChI=1S/C30H34N4O3/c1-17-8-18(2)27(19(3)9-17)37-34-29(36)33-32-28(35)26-13-24(23-6-4-5-7-25(23)31-26)30-14-20-10-21(15-30)12-22(11-20)16-30/h4-9,13,20-22H,10-12,14-16H2,1-3H3,(H,32,35)(H2,33,34,36). The van der Waals surface area contributed by atoms with Gasteiger partial charge in [-0.2, -0.15) is 5.48 Å². The van der Waals surface area contributed by atoms with Crippen LogP contribution < -0.4 is 21.2 Å². The van der Waals surface area contributed by atoms with Gasteiger partial charge in [-0.1, -0.05) is 35.9 Å². The second-order valence-electron chi connectivity index (χ2n) is 11.6. The smallest absolute Gasteiger partial charge is 0.366 e. The molecule has 4 saturated carbocycles. The highest BCUT2D eigenvalue weighted by atomic mass is 16.7. The zero-order chi connectivity index (χ0) is 25.7. The third-order valence-electron chi connectivity index (χ3n) is 8.70. The van der Waals surface area contributed by atoms with E-state index in [1.54, 1.807) is 0 Å². The van der Waals surface area contributed by atoms with Crippen molar-refractivity contribution in [3.05, 3.63) is 70.4 Å². The number of hydrogen-bond donors (Lipinski definition) is 3. The largest absolute Gasteiger partial charge is 0.377 e. The van der Waals surface area contributed by atoms with Crippen LogP contribution in [-0.2, 0) is 5.41 Å². The quantitative estimate of drug-likeness (QED) is 0.410. The van der Waals surface area contributed by atoms with E-state index in [9.17, 15) is 9.59 Å². The number of fused-ring (bicyclic) bond motifs is 1. The fraction of sp³-hybridized carbons (Fsp3) is 0.433. The molecule has 0 radical (unpaired) electrons. The first-order valence-corrected chi connectivity index (χ1v) is 13.3. The number of aromatic nitrogens is 1. The van der Waals surface area contributed by atoms with E-state index in [0.29, 0.717) is 11.4 Å². The van der Waals surface area contributed by atoms with Gasteiger partial charge in [-0.25, -0.2) is 15.2 Å². The van der Waals surface area contributed by atoms with Gasteiger partial charge in [0.25, 0.3) is 5.91 Å². The van der Waals surface area contributed by atoms with Crippen molar-refractivity contribution in [2.24, 2.45) is 17.8 Å². The zero-order valence-electron chi connectivity index (χ0n) is 21.7. The molecule has 7 nitrogen and oxygen atoms in total. The van der Waals surface area contributed by atoms with E-state index >= 15 is 0 Å². The van der Waals surface area contributed by atoms with Crippen LogP contribution in [-0.4, -0.2) is 16.9 Å². The number of aryl methyl sites for hydroxylation is 3. The van der Waals surface area contributed by atoms with Gasteiger partial charge in [0.2, 0.25) is 0 Å². The lowest BCUT2D eigenvalue weighted by molar-refractivity contribution is -0.00454. The molecule has 2 aromatic carbocycles. The second-order valence-corrected chi connectivity index (χ2v) is 11.6. The number of nitrogens with one attached hydrogen (secondary N) is 3. The molecule has 3 N–H and O–H groups in total. The van der Waals surface area contributed by atoms with Crippen LogP contribution in [0.15, 0.2) is 42.5 Å². The van der Waals surface area contributed by atoms with Gasteiger partial charge in [0.1, 0.15) is 5.69 Å². The molecule has 37 heavy (non-hydrogen) atoms. The van der Waals surface area contributed by atoms with Gasteiger partial charge in [-0.3, -0.25) is 10.2 Å². The number of benzene rings is 2. The van der Waals surface area contributed by atoms with Crippen LogP contribution in [0.2, 0.25) is 0 Å². The summed E-state index contributed by atoms with van der Waals surface area (Å²) in [5, 5.41) is 1.14. The van der Waals surface area contributed by atoms with Crippen molar-refractivity contribution in [2.75, 3.05) is 0 Å². The van der Waals surface area contributed by atoms with E-state index in [2.05, 4.69) is 33.4 Å². The Hall–Kier alpha value is -3.61. The van der Waals surface area contributed by atoms with E-state index in [1.807, 2.05) is 51.1 Å². The monoisotopic (exact) mass is 498 g/mol. The first-order chi connectivity index (χ1) is 17.8. The number of pyridine rings is 1. The van der Waals surface area contributed by atoms with Gasteiger partial charge < -0.3 is 4.84 Å². The maximum absolute atomic E-state index is 13.1. The van der Waals surface area contributed by atoms with Crippen LogP contribution >= 0.6 is 0 Å². The number of para-hydroxylation sites is 1. The summed E-state index contributed by atoms with van der Waals surface area (Å²) in [5.74, 6) is 2.52. The van der Waals surface area contributed by atoms with E-state index < -0.39 is 11.9 Å². The molecule has 7 heteroatoms. The van der Waals surface area contributed by atoms with E-state index in [4.69, 9.17) is 4.84 Å². The van der Waals surface area contributed by atoms with Crippen molar-refractivity contribution in [3.8, 4) is 5.75 Å². The molecule has 0 spiro atoms. The number of nitrogens with zero attached hydrogens (tertiary/aromatic N) is 1. The predicted molar refractivity (Wildman–Crippen MR) is 142 cm³/mol. The van der Waals surface area contributed by atoms with Crippen molar-refractivity contribution >= 4 is 22.8 Å². The first-order valence-electron chi connectivity index (χ1n) is 13.3. The van der Waals surface area contributed by atoms with Crippen LogP contribution in [0.5, 0.6) is 5.75 Å². The average Bonchev–Trinajstić information content (AvgIpc) is 2.85. The Morgan fingerprint density at radius 2 is 1.51 bits per heavy atom. The number of hydroxylamine groups is 1. The lowest BCUT2D eigenvalue weighted by Gasteiger charge is -2.57. The molecule has 1 aromatic heterocycles. The van der Waals surface area contributed by atoms with Crippen LogP contribution in [0.3, 0.4) is 0 Å². The normalized spacial score (nSPS) is 25.6. The Kier molecular flexibility index (Phi) is 5.81. The minimum absolute atomic E-state index is 0.120. The summed E-state index contributed by atoms with van der Waals surface area (Å²) in [7, 11) is 0. The number of carbonyl (C=O) groups excluding carboxylic acids is 2. The van der Waals surface area contributed by atoms with Crippen LogP contribution in [0.1, 0.15) is 71.3 Å². The van der Waals surface area contributed by atoms with E-state index in [-0.39, 0.29) is 5.41 Å². The highest BCUT2D eigenvalue weighted by Gasteiger charge is 2.52. The molecule has 4 aliphatic carbocycles. The van der Waals surface area contributed by atoms with Gasteiger partial charge in [0.15, 0.2) is 5.75 Å². The molecule has 0 unspecified atom stereocenters. The second kappa shape index (κ2) is 9.05. The fourth-order valence-corrected chi connectivity index (χ4v) is 7.80. The molecule has 3 amide bonds. The minimum Gasteiger partial charge on any atom is -0.377 e. The Morgan fingerprint density at radius 3 is 2.16 bits per heavy atom. The third kappa shape index (κ3) is 4.41. The number of amides is 3. The van der Waals surface area contributed by atoms with Gasteiger partial charge in [0.05, 0.1) is 5.52 Å². The molecule has 0 saturated heterocycles. The Labute approximate surface area is 217 Å². The van der Waals surface area contributed by atoms with Crippen molar-refractivity contribution in [1.82, 2.24) is 21.3 Å². The number of carbonyl (C=O) groups is 2. The summed E-state index contributed by atoms with van der Waals surface area (Å²) < 4.78 is 0. The number of hydrogen-bond acceptors (Lipinski definition) is 4. The molecule has 7 rings (SSSR count).